The van der Waals surface area contributed by atoms with Crippen molar-refractivity contribution < 1.29 is 9.53 Å². The number of fused-ring (bicyclic) bond motifs is 1. The highest BCUT2D eigenvalue weighted by atomic mass is 16.5. The van der Waals surface area contributed by atoms with Gasteiger partial charge in [0.15, 0.2) is 6.61 Å². The second kappa shape index (κ2) is 6.57. The third kappa shape index (κ3) is 3.54. The molecule has 0 aliphatic carbocycles. The molecular weight excluding hydrogens is 288 g/mol. The maximum atomic E-state index is 12.0. The monoisotopic (exact) mass is 308 g/mol. The fourth-order valence-electron chi connectivity index (χ4n) is 2.56. The first-order chi connectivity index (χ1) is 11.1. The van der Waals surface area contributed by atoms with Crippen LogP contribution in [0.15, 0.2) is 60.7 Å². The van der Waals surface area contributed by atoms with Crippen molar-refractivity contribution in [3.63, 3.8) is 0 Å². The van der Waals surface area contributed by atoms with Gasteiger partial charge >= 0.3 is 0 Å². The first-order valence-electron chi connectivity index (χ1n) is 7.63. The molecule has 1 N–H and O–H groups in total. The number of nitrogens with one attached hydrogen (secondary N) is 1. The van der Waals surface area contributed by atoms with Crippen molar-refractivity contribution in [1.29, 1.82) is 0 Å². The molecule has 118 valence electrons. The van der Waals surface area contributed by atoms with E-state index in [4.69, 9.17) is 4.74 Å². The molecule has 0 atom stereocenters. The molecule has 0 unspecified atom stereocenters. The Morgan fingerprint density at radius 2 is 2.04 bits per heavy atom. The van der Waals surface area contributed by atoms with E-state index in [1.807, 2.05) is 43.3 Å². The standard InChI is InChI=1S/C19H20N2O2/c1-14(2)12-21-17-9-8-16(10-18(17)23-13-19(21)22)20-11-15-6-4-3-5-7-15/h3-10,20H,1,11-13H2,2H3. The van der Waals surface area contributed by atoms with Crippen LogP contribution < -0.4 is 15.0 Å². The molecule has 2 aromatic rings. The summed E-state index contributed by atoms with van der Waals surface area (Å²) < 4.78 is 5.58. The molecule has 4 heteroatoms. The number of ether oxygens (including phenoxy) is 1. The van der Waals surface area contributed by atoms with Gasteiger partial charge < -0.3 is 15.0 Å². The van der Waals surface area contributed by atoms with E-state index in [-0.39, 0.29) is 12.5 Å². The zero-order chi connectivity index (χ0) is 16.2. The summed E-state index contributed by atoms with van der Waals surface area (Å²) in [6.45, 7) is 7.14. The molecule has 0 bridgehead atoms. The number of hydrogen-bond acceptors (Lipinski definition) is 3. The van der Waals surface area contributed by atoms with Crippen molar-refractivity contribution >= 4 is 17.3 Å². The molecule has 0 aromatic heterocycles. The van der Waals surface area contributed by atoms with Crippen molar-refractivity contribution in [2.24, 2.45) is 0 Å². The van der Waals surface area contributed by atoms with Gasteiger partial charge in [0.05, 0.1) is 5.69 Å². The third-order valence-electron chi connectivity index (χ3n) is 3.67. The maximum Gasteiger partial charge on any atom is 0.265 e. The van der Waals surface area contributed by atoms with Crippen molar-refractivity contribution in [1.82, 2.24) is 0 Å². The van der Waals surface area contributed by atoms with Gasteiger partial charge in [-0.15, -0.1) is 0 Å². The topological polar surface area (TPSA) is 41.6 Å². The number of rotatable bonds is 5. The first-order valence-corrected chi connectivity index (χ1v) is 7.63. The molecule has 0 fully saturated rings. The highest BCUT2D eigenvalue weighted by molar-refractivity contribution is 5.98. The van der Waals surface area contributed by atoms with Crippen molar-refractivity contribution in [3.05, 3.63) is 66.2 Å². The molecule has 1 amide bonds. The van der Waals surface area contributed by atoms with Gasteiger partial charge in [0, 0.05) is 24.8 Å². The predicted molar refractivity (Wildman–Crippen MR) is 92.9 cm³/mol. The van der Waals surface area contributed by atoms with E-state index in [0.717, 1.165) is 29.2 Å². The van der Waals surface area contributed by atoms with Crippen molar-refractivity contribution in [2.75, 3.05) is 23.4 Å². The normalized spacial score (nSPS) is 13.3. The lowest BCUT2D eigenvalue weighted by Gasteiger charge is -2.30. The van der Waals surface area contributed by atoms with Gasteiger partial charge in [-0.1, -0.05) is 42.5 Å². The predicted octanol–water partition coefficient (Wildman–Crippen LogP) is 3.60. The summed E-state index contributed by atoms with van der Waals surface area (Å²) >= 11 is 0. The number of carbonyl (C=O) groups is 1. The van der Waals surface area contributed by atoms with Crippen LogP contribution in [0.2, 0.25) is 0 Å². The smallest absolute Gasteiger partial charge is 0.265 e. The van der Waals surface area contributed by atoms with Crippen LogP contribution in [0, 0.1) is 0 Å². The number of amides is 1. The Hall–Kier alpha value is -2.75. The largest absolute Gasteiger partial charge is 0.481 e. The van der Waals surface area contributed by atoms with Crippen LogP contribution in [0.5, 0.6) is 5.75 Å². The molecule has 23 heavy (non-hydrogen) atoms. The summed E-state index contributed by atoms with van der Waals surface area (Å²) in [5, 5.41) is 3.38. The van der Waals surface area contributed by atoms with E-state index in [0.29, 0.717) is 6.54 Å². The number of nitrogens with zero attached hydrogens (tertiary/aromatic N) is 1. The minimum atomic E-state index is -0.0366. The van der Waals surface area contributed by atoms with Crippen LogP contribution in [-0.2, 0) is 11.3 Å². The lowest BCUT2D eigenvalue weighted by molar-refractivity contribution is -0.121. The first kappa shape index (κ1) is 15.2. The van der Waals surface area contributed by atoms with E-state index in [1.165, 1.54) is 5.56 Å². The molecule has 1 aliphatic rings. The Bertz CT molecular complexity index is 725. The summed E-state index contributed by atoms with van der Waals surface area (Å²) in [6, 6.07) is 16.0. The van der Waals surface area contributed by atoms with Gasteiger partial charge in [0.2, 0.25) is 0 Å². The molecule has 3 rings (SSSR count). The molecule has 4 nitrogen and oxygen atoms in total. The average molecular weight is 308 g/mol. The second-order valence-electron chi connectivity index (χ2n) is 5.75. The van der Waals surface area contributed by atoms with Gasteiger partial charge in [-0.2, -0.15) is 0 Å². The minimum Gasteiger partial charge on any atom is -0.481 e. The van der Waals surface area contributed by atoms with Gasteiger partial charge in [0.1, 0.15) is 5.75 Å². The Balaban J connectivity index is 1.76. The molecule has 1 aliphatic heterocycles. The number of carbonyl (C=O) groups excluding carboxylic acids is 1. The van der Waals surface area contributed by atoms with Gasteiger partial charge in [-0.05, 0) is 24.6 Å². The van der Waals surface area contributed by atoms with Crippen LogP contribution in [-0.4, -0.2) is 19.1 Å². The van der Waals surface area contributed by atoms with Crippen LogP contribution in [0.4, 0.5) is 11.4 Å². The molecule has 0 radical (unpaired) electrons. The summed E-state index contributed by atoms with van der Waals surface area (Å²) in [5.74, 6) is 0.689. The minimum absolute atomic E-state index is 0.0366. The van der Waals surface area contributed by atoms with E-state index in [2.05, 4.69) is 24.0 Å². The number of benzene rings is 2. The zero-order valence-electron chi connectivity index (χ0n) is 13.2. The molecule has 0 spiro atoms. The Morgan fingerprint density at radius 3 is 2.78 bits per heavy atom. The van der Waals surface area contributed by atoms with E-state index in [1.54, 1.807) is 4.90 Å². The molecule has 1 heterocycles. The lowest BCUT2D eigenvalue weighted by atomic mass is 10.1. The van der Waals surface area contributed by atoms with Crippen LogP contribution in [0.1, 0.15) is 12.5 Å². The maximum absolute atomic E-state index is 12.0. The SMILES string of the molecule is C=C(C)CN1C(=O)COc2cc(NCc3ccccc3)ccc21. The van der Waals surface area contributed by atoms with Crippen LogP contribution in [0.3, 0.4) is 0 Å². The third-order valence-corrected chi connectivity index (χ3v) is 3.67. The van der Waals surface area contributed by atoms with Gasteiger partial charge in [-0.25, -0.2) is 0 Å². The Labute approximate surface area is 136 Å². The van der Waals surface area contributed by atoms with Crippen LogP contribution >= 0.6 is 0 Å². The van der Waals surface area contributed by atoms with Crippen molar-refractivity contribution in [3.8, 4) is 5.75 Å². The summed E-state index contributed by atoms with van der Waals surface area (Å²) in [7, 11) is 0. The quantitative estimate of drug-likeness (QED) is 0.858. The molecule has 0 saturated carbocycles. The molecule has 0 saturated heterocycles. The van der Waals surface area contributed by atoms with Crippen LogP contribution in [0.25, 0.3) is 0 Å². The van der Waals surface area contributed by atoms with E-state index < -0.39 is 0 Å². The average Bonchev–Trinajstić information content (AvgIpc) is 2.56. The van der Waals surface area contributed by atoms with E-state index in [9.17, 15) is 4.79 Å². The van der Waals surface area contributed by atoms with Gasteiger partial charge in [-0.3, -0.25) is 4.79 Å². The molecule has 2 aromatic carbocycles. The lowest BCUT2D eigenvalue weighted by Crippen LogP contribution is -2.39. The van der Waals surface area contributed by atoms with Crippen molar-refractivity contribution in [2.45, 2.75) is 13.5 Å². The Kier molecular flexibility index (Phi) is 4.33. The zero-order valence-corrected chi connectivity index (χ0v) is 13.2. The highest BCUT2D eigenvalue weighted by Gasteiger charge is 2.25. The fourth-order valence-corrected chi connectivity index (χ4v) is 2.56. The fraction of sp³-hybridized carbons (Fsp3) is 0.211. The Morgan fingerprint density at radius 1 is 1.26 bits per heavy atom. The molecular formula is C19H20N2O2. The number of anilines is 2. The second-order valence-corrected chi connectivity index (χ2v) is 5.75. The van der Waals surface area contributed by atoms with Gasteiger partial charge in [0.25, 0.3) is 5.91 Å². The number of hydrogen-bond donors (Lipinski definition) is 1. The summed E-state index contributed by atoms with van der Waals surface area (Å²) in [6.07, 6.45) is 0. The summed E-state index contributed by atoms with van der Waals surface area (Å²) in [4.78, 5) is 13.8. The highest BCUT2D eigenvalue weighted by Crippen LogP contribution is 2.34. The van der Waals surface area contributed by atoms with E-state index >= 15 is 0 Å². The summed E-state index contributed by atoms with van der Waals surface area (Å²) in [5.41, 5.74) is 3.93.